The normalized spacial score (nSPS) is 10.1. The van der Waals surface area contributed by atoms with Crippen LogP contribution in [0.3, 0.4) is 0 Å². The molecule has 2 aromatic carbocycles. The predicted molar refractivity (Wildman–Crippen MR) is 83.1 cm³/mol. The third-order valence-electron chi connectivity index (χ3n) is 3.07. The molecule has 2 N–H and O–H groups in total. The molecule has 2 aromatic rings. The number of carbonyl (C=O) groups is 1. The molecular weight excluding hydrogens is 248 g/mol. The molecule has 20 heavy (non-hydrogen) atoms. The van der Waals surface area contributed by atoms with E-state index in [1.165, 1.54) is 5.56 Å². The molecule has 104 valence electrons. The summed E-state index contributed by atoms with van der Waals surface area (Å²) in [6.07, 6.45) is 0.849. The molecule has 3 heteroatoms. The second-order valence-corrected chi connectivity index (χ2v) is 4.60. The van der Waals surface area contributed by atoms with Gasteiger partial charge in [-0.1, -0.05) is 30.3 Å². The van der Waals surface area contributed by atoms with Gasteiger partial charge in [-0.05, 0) is 43.2 Å². The van der Waals surface area contributed by atoms with E-state index >= 15 is 0 Å². The average Bonchev–Trinajstić information content (AvgIpc) is 2.49. The second-order valence-electron chi connectivity index (χ2n) is 4.60. The molecule has 0 aliphatic carbocycles. The van der Waals surface area contributed by atoms with Crippen molar-refractivity contribution in [2.45, 2.75) is 13.3 Å². The molecule has 0 spiro atoms. The number of hydrogen-bond acceptors (Lipinski definition) is 2. The lowest BCUT2D eigenvalue weighted by Crippen LogP contribution is -2.25. The summed E-state index contributed by atoms with van der Waals surface area (Å²) in [7, 11) is 0. The fraction of sp³-hybridized carbons (Fsp3) is 0.235. The number of nitrogens with one attached hydrogen (secondary N) is 2. The molecular formula is C17H20N2O. The number of anilines is 1. The Morgan fingerprint density at radius 3 is 2.35 bits per heavy atom. The molecule has 1 amide bonds. The van der Waals surface area contributed by atoms with E-state index in [9.17, 15) is 4.79 Å². The van der Waals surface area contributed by atoms with Crippen LogP contribution in [0.2, 0.25) is 0 Å². The van der Waals surface area contributed by atoms with Crippen LogP contribution in [0.1, 0.15) is 22.8 Å². The minimum absolute atomic E-state index is 0.0241. The highest BCUT2D eigenvalue weighted by Gasteiger charge is 2.04. The molecule has 2 rings (SSSR count). The first kappa shape index (κ1) is 14.1. The van der Waals surface area contributed by atoms with Crippen LogP contribution < -0.4 is 10.6 Å². The predicted octanol–water partition coefficient (Wildman–Crippen LogP) is 3.09. The zero-order chi connectivity index (χ0) is 14.2. The van der Waals surface area contributed by atoms with Gasteiger partial charge in [0.2, 0.25) is 0 Å². The van der Waals surface area contributed by atoms with Gasteiger partial charge in [0.1, 0.15) is 0 Å². The van der Waals surface area contributed by atoms with E-state index in [0.29, 0.717) is 12.1 Å². The summed E-state index contributed by atoms with van der Waals surface area (Å²) >= 11 is 0. The highest BCUT2D eigenvalue weighted by Crippen LogP contribution is 2.09. The molecule has 0 saturated heterocycles. The summed E-state index contributed by atoms with van der Waals surface area (Å²) < 4.78 is 0. The zero-order valence-corrected chi connectivity index (χ0v) is 11.7. The van der Waals surface area contributed by atoms with Crippen molar-refractivity contribution in [3.05, 3.63) is 65.7 Å². The van der Waals surface area contributed by atoms with Gasteiger partial charge in [0, 0.05) is 24.3 Å². The van der Waals surface area contributed by atoms with Crippen LogP contribution in [0.4, 0.5) is 5.69 Å². The van der Waals surface area contributed by atoms with Crippen LogP contribution in [0, 0.1) is 0 Å². The van der Waals surface area contributed by atoms with Gasteiger partial charge in [-0.3, -0.25) is 4.79 Å². The summed E-state index contributed by atoms with van der Waals surface area (Å²) in [5.41, 5.74) is 2.96. The van der Waals surface area contributed by atoms with Crippen LogP contribution in [0.25, 0.3) is 0 Å². The van der Waals surface area contributed by atoms with Gasteiger partial charge in [-0.25, -0.2) is 0 Å². The largest absolute Gasteiger partial charge is 0.385 e. The smallest absolute Gasteiger partial charge is 0.251 e. The van der Waals surface area contributed by atoms with Crippen molar-refractivity contribution in [1.82, 2.24) is 5.32 Å². The van der Waals surface area contributed by atoms with E-state index in [1.54, 1.807) is 0 Å². The molecule has 0 radical (unpaired) electrons. The van der Waals surface area contributed by atoms with Crippen molar-refractivity contribution in [2.75, 3.05) is 18.4 Å². The van der Waals surface area contributed by atoms with E-state index < -0.39 is 0 Å². The third kappa shape index (κ3) is 4.12. The molecule has 0 atom stereocenters. The highest BCUT2D eigenvalue weighted by atomic mass is 16.1. The number of benzene rings is 2. The molecule has 0 aliphatic heterocycles. The number of rotatable bonds is 6. The Kier molecular flexibility index (Phi) is 5.18. The monoisotopic (exact) mass is 268 g/mol. The lowest BCUT2D eigenvalue weighted by atomic mass is 10.1. The molecule has 0 heterocycles. The zero-order valence-electron chi connectivity index (χ0n) is 11.7. The summed E-state index contributed by atoms with van der Waals surface area (Å²) in [6.45, 7) is 3.57. The van der Waals surface area contributed by atoms with E-state index in [4.69, 9.17) is 0 Å². The first-order valence-corrected chi connectivity index (χ1v) is 6.95. The molecule has 0 unspecified atom stereocenters. The van der Waals surface area contributed by atoms with Crippen LogP contribution in [-0.4, -0.2) is 19.0 Å². The van der Waals surface area contributed by atoms with Gasteiger partial charge in [-0.15, -0.1) is 0 Å². The highest BCUT2D eigenvalue weighted by molar-refractivity contribution is 5.94. The average molecular weight is 268 g/mol. The molecule has 0 aromatic heterocycles. The number of amides is 1. The van der Waals surface area contributed by atoms with Crippen LogP contribution in [-0.2, 0) is 6.42 Å². The fourth-order valence-electron chi connectivity index (χ4n) is 2.01. The van der Waals surface area contributed by atoms with Crippen LogP contribution in [0.5, 0.6) is 0 Å². The summed E-state index contributed by atoms with van der Waals surface area (Å²) in [5, 5.41) is 6.15. The van der Waals surface area contributed by atoms with Crippen molar-refractivity contribution in [3.8, 4) is 0 Å². The summed E-state index contributed by atoms with van der Waals surface area (Å²) in [4.78, 5) is 12.0. The minimum atomic E-state index is -0.0241. The van der Waals surface area contributed by atoms with Crippen molar-refractivity contribution >= 4 is 11.6 Å². The Bertz CT molecular complexity index is 535. The third-order valence-corrected chi connectivity index (χ3v) is 3.07. The minimum Gasteiger partial charge on any atom is -0.385 e. The standard InChI is InChI=1S/C17H20N2O/c1-2-18-16-10-8-15(9-11-16)17(20)19-13-12-14-6-4-3-5-7-14/h3-11,18H,2,12-13H2,1H3,(H,19,20). The maximum Gasteiger partial charge on any atom is 0.251 e. The van der Waals surface area contributed by atoms with Gasteiger partial charge < -0.3 is 10.6 Å². The Morgan fingerprint density at radius 2 is 1.70 bits per heavy atom. The van der Waals surface area contributed by atoms with Gasteiger partial charge in [0.15, 0.2) is 0 Å². The Balaban J connectivity index is 1.82. The Labute approximate surface area is 120 Å². The fourth-order valence-corrected chi connectivity index (χ4v) is 2.01. The van der Waals surface area contributed by atoms with E-state index in [-0.39, 0.29) is 5.91 Å². The summed E-state index contributed by atoms with van der Waals surface area (Å²) in [5.74, 6) is -0.0241. The molecule has 0 bridgehead atoms. The van der Waals surface area contributed by atoms with Crippen molar-refractivity contribution in [2.24, 2.45) is 0 Å². The quantitative estimate of drug-likeness (QED) is 0.845. The van der Waals surface area contributed by atoms with E-state index in [0.717, 1.165) is 18.7 Å². The van der Waals surface area contributed by atoms with Gasteiger partial charge in [0.05, 0.1) is 0 Å². The molecule has 0 aliphatic rings. The van der Waals surface area contributed by atoms with Crippen molar-refractivity contribution in [1.29, 1.82) is 0 Å². The Morgan fingerprint density at radius 1 is 1.00 bits per heavy atom. The van der Waals surface area contributed by atoms with Crippen molar-refractivity contribution < 1.29 is 4.79 Å². The van der Waals surface area contributed by atoms with Gasteiger partial charge >= 0.3 is 0 Å². The second kappa shape index (κ2) is 7.34. The molecule has 0 saturated carbocycles. The Hall–Kier alpha value is -2.29. The number of hydrogen-bond donors (Lipinski definition) is 2. The first-order valence-electron chi connectivity index (χ1n) is 6.95. The lowest BCUT2D eigenvalue weighted by Gasteiger charge is -2.07. The van der Waals surface area contributed by atoms with Gasteiger partial charge in [0.25, 0.3) is 5.91 Å². The first-order chi connectivity index (χ1) is 9.79. The van der Waals surface area contributed by atoms with Gasteiger partial charge in [-0.2, -0.15) is 0 Å². The van der Waals surface area contributed by atoms with Crippen LogP contribution >= 0.6 is 0 Å². The van der Waals surface area contributed by atoms with E-state index in [1.807, 2.05) is 49.4 Å². The van der Waals surface area contributed by atoms with E-state index in [2.05, 4.69) is 22.8 Å². The van der Waals surface area contributed by atoms with Crippen molar-refractivity contribution in [3.63, 3.8) is 0 Å². The topological polar surface area (TPSA) is 41.1 Å². The van der Waals surface area contributed by atoms with Crippen LogP contribution in [0.15, 0.2) is 54.6 Å². The SMILES string of the molecule is CCNc1ccc(C(=O)NCCc2ccccc2)cc1. The lowest BCUT2D eigenvalue weighted by molar-refractivity contribution is 0.0954. The summed E-state index contributed by atoms with van der Waals surface area (Å²) in [6, 6.07) is 17.7. The number of carbonyl (C=O) groups excluding carboxylic acids is 1. The molecule has 3 nitrogen and oxygen atoms in total. The molecule has 0 fully saturated rings. The maximum absolute atomic E-state index is 12.0. The maximum atomic E-state index is 12.0.